The van der Waals surface area contributed by atoms with Gasteiger partial charge in [-0.15, -0.1) is 24.0 Å². The average molecular weight is 414 g/mol. The van der Waals surface area contributed by atoms with Crippen LogP contribution in [0.1, 0.15) is 23.7 Å². The largest absolute Gasteiger partial charge is 0.364 e. The van der Waals surface area contributed by atoms with E-state index in [1.54, 1.807) is 6.26 Å². The fourth-order valence-corrected chi connectivity index (χ4v) is 1.99. The average Bonchev–Trinajstić information content (AvgIpc) is 2.99. The second-order valence-electron chi connectivity index (χ2n) is 5.00. The Morgan fingerprint density at radius 1 is 1.27 bits per heavy atom. The molecule has 5 nitrogen and oxygen atoms in total. The predicted molar refractivity (Wildman–Crippen MR) is 99.4 cm³/mol. The molecule has 120 valence electrons. The molecule has 6 heteroatoms. The van der Waals surface area contributed by atoms with Crippen molar-refractivity contribution in [2.24, 2.45) is 4.99 Å². The zero-order valence-electron chi connectivity index (χ0n) is 13.2. The van der Waals surface area contributed by atoms with Gasteiger partial charge in [0.1, 0.15) is 12.0 Å². The summed E-state index contributed by atoms with van der Waals surface area (Å²) in [7, 11) is 2.03. The minimum atomic E-state index is 0. The molecule has 0 aliphatic heterocycles. The number of hydrogen-bond donors (Lipinski definition) is 1. The smallest absolute Gasteiger partial charge is 0.194 e. The normalized spacial score (nSPS) is 11.0. The molecule has 1 aromatic heterocycles. The van der Waals surface area contributed by atoms with Crippen molar-refractivity contribution in [3.05, 3.63) is 53.4 Å². The summed E-state index contributed by atoms with van der Waals surface area (Å²) in [6, 6.07) is 10.4. The lowest BCUT2D eigenvalue weighted by Crippen LogP contribution is -2.38. The summed E-state index contributed by atoms with van der Waals surface area (Å²) in [6.07, 6.45) is 1.56. The van der Waals surface area contributed by atoms with Crippen LogP contribution < -0.4 is 5.32 Å². The monoisotopic (exact) mass is 414 g/mol. The Morgan fingerprint density at radius 3 is 2.59 bits per heavy atom. The number of hydrogen-bond acceptors (Lipinski definition) is 3. The van der Waals surface area contributed by atoms with E-state index in [9.17, 15) is 0 Å². The van der Waals surface area contributed by atoms with Gasteiger partial charge in [0.15, 0.2) is 5.96 Å². The van der Waals surface area contributed by atoms with Crippen LogP contribution in [-0.4, -0.2) is 29.6 Å². The molecule has 0 spiro atoms. The number of nitrogens with one attached hydrogen (secondary N) is 1. The molecule has 0 atom stereocenters. The zero-order chi connectivity index (χ0) is 15.1. The molecule has 2 aromatic rings. The second-order valence-corrected chi connectivity index (χ2v) is 5.00. The highest BCUT2D eigenvalue weighted by Gasteiger charge is 2.07. The lowest BCUT2D eigenvalue weighted by Gasteiger charge is -2.22. The summed E-state index contributed by atoms with van der Waals surface area (Å²) in [5.74, 6) is 0.862. The van der Waals surface area contributed by atoms with Crippen LogP contribution in [0.15, 0.2) is 46.1 Å². The fraction of sp³-hybridized carbons (Fsp3) is 0.375. The van der Waals surface area contributed by atoms with Crippen LogP contribution in [0.2, 0.25) is 0 Å². The number of rotatable bonds is 5. The number of halogens is 1. The Hall–Kier alpha value is -1.57. The van der Waals surface area contributed by atoms with Crippen molar-refractivity contribution >= 4 is 29.9 Å². The Kier molecular flexibility index (Phi) is 7.94. The third kappa shape index (κ3) is 5.67. The van der Waals surface area contributed by atoms with Gasteiger partial charge in [-0.05, 0) is 19.4 Å². The third-order valence-corrected chi connectivity index (χ3v) is 3.12. The first kappa shape index (κ1) is 18.5. The molecule has 1 aromatic carbocycles. The standard InChI is InChI=1S/C16H22N4O.HI/c1-4-17-16(18-11-15-9-10-21-19-15)20(3)12-14-7-5-13(2)6-8-14;/h5-10H,4,11-12H2,1-3H3,(H,17,18);1H. The van der Waals surface area contributed by atoms with E-state index < -0.39 is 0 Å². The van der Waals surface area contributed by atoms with Gasteiger partial charge < -0.3 is 14.7 Å². The fourth-order valence-electron chi connectivity index (χ4n) is 1.99. The van der Waals surface area contributed by atoms with E-state index >= 15 is 0 Å². The summed E-state index contributed by atoms with van der Waals surface area (Å²) in [6.45, 7) is 6.31. The Labute approximate surface area is 148 Å². The molecule has 0 aliphatic rings. The molecule has 0 bridgehead atoms. The summed E-state index contributed by atoms with van der Waals surface area (Å²) in [5, 5.41) is 7.17. The van der Waals surface area contributed by atoms with Crippen molar-refractivity contribution < 1.29 is 4.52 Å². The van der Waals surface area contributed by atoms with Gasteiger partial charge in [-0.25, -0.2) is 4.99 Å². The van der Waals surface area contributed by atoms with Crippen molar-refractivity contribution in [3.63, 3.8) is 0 Å². The Morgan fingerprint density at radius 2 is 2.00 bits per heavy atom. The van der Waals surface area contributed by atoms with Crippen molar-refractivity contribution in [2.45, 2.75) is 26.9 Å². The Bertz CT molecular complexity index is 566. The minimum Gasteiger partial charge on any atom is -0.364 e. The molecule has 0 radical (unpaired) electrons. The van der Waals surface area contributed by atoms with Crippen LogP contribution in [0.4, 0.5) is 0 Å². The highest BCUT2D eigenvalue weighted by Crippen LogP contribution is 2.06. The van der Waals surface area contributed by atoms with Crippen LogP contribution >= 0.6 is 24.0 Å². The van der Waals surface area contributed by atoms with E-state index in [1.165, 1.54) is 11.1 Å². The molecule has 2 rings (SSSR count). The van der Waals surface area contributed by atoms with Gasteiger partial charge in [0.2, 0.25) is 0 Å². The summed E-state index contributed by atoms with van der Waals surface area (Å²) >= 11 is 0. The van der Waals surface area contributed by atoms with Crippen LogP contribution in [0.5, 0.6) is 0 Å². The van der Waals surface area contributed by atoms with Crippen LogP contribution in [0.3, 0.4) is 0 Å². The van der Waals surface area contributed by atoms with Crippen molar-refractivity contribution in [2.75, 3.05) is 13.6 Å². The number of benzene rings is 1. The predicted octanol–water partition coefficient (Wildman–Crippen LogP) is 3.20. The molecule has 0 aliphatic carbocycles. The number of guanidine groups is 1. The maximum Gasteiger partial charge on any atom is 0.194 e. The van der Waals surface area contributed by atoms with Crippen LogP contribution in [-0.2, 0) is 13.1 Å². The van der Waals surface area contributed by atoms with Gasteiger partial charge in [0.25, 0.3) is 0 Å². The number of nitrogens with zero attached hydrogens (tertiary/aromatic N) is 3. The first-order valence-electron chi connectivity index (χ1n) is 7.13. The molecular formula is C16H23IN4O. The minimum absolute atomic E-state index is 0. The first-order chi connectivity index (χ1) is 10.2. The van der Waals surface area contributed by atoms with E-state index in [0.717, 1.165) is 24.7 Å². The summed E-state index contributed by atoms with van der Waals surface area (Å²) < 4.78 is 4.82. The molecule has 0 saturated carbocycles. The molecular weight excluding hydrogens is 391 g/mol. The van der Waals surface area contributed by atoms with Gasteiger partial charge in [0, 0.05) is 26.2 Å². The molecule has 1 N–H and O–H groups in total. The number of aryl methyl sites for hydroxylation is 1. The molecule has 0 unspecified atom stereocenters. The number of aromatic nitrogens is 1. The molecule has 22 heavy (non-hydrogen) atoms. The van der Waals surface area contributed by atoms with Gasteiger partial charge in [-0.1, -0.05) is 35.0 Å². The third-order valence-electron chi connectivity index (χ3n) is 3.12. The van der Waals surface area contributed by atoms with Gasteiger partial charge >= 0.3 is 0 Å². The van der Waals surface area contributed by atoms with E-state index in [4.69, 9.17) is 4.52 Å². The second kappa shape index (κ2) is 9.45. The highest BCUT2D eigenvalue weighted by atomic mass is 127. The first-order valence-corrected chi connectivity index (χ1v) is 7.13. The van der Waals surface area contributed by atoms with Crippen molar-refractivity contribution in [1.29, 1.82) is 0 Å². The Balaban J connectivity index is 0.00000242. The highest BCUT2D eigenvalue weighted by molar-refractivity contribution is 14.0. The maximum atomic E-state index is 4.82. The molecule has 1 heterocycles. The van der Waals surface area contributed by atoms with Crippen molar-refractivity contribution in [1.82, 2.24) is 15.4 Å². The van der Waals surface area contributed by atoms with E-state index in [0.29, 0.717) is 6.54 Å². The quantitative estimate of drug-likeness (QED) is 0.464. The summed E-state index contributed by atoms with van der Waals surface area (Å²) in [5.41, 5.74) is 3.36. The van der Waals surface area contributed by atoms with Crippen LogP contribution in [0.25, 0.3) is 0 Å². The lowest BCUT2D eigenvalue weighted by molar-refractivity contribution is 0.411. The molecule has 0 fully saturated rings. The van der Waals surface area contributed by atoms with E-state index in [-0.39, 0.29) is 24.0 Å². The van der Waals surface area contributed by atoms with Crippen LogP contribution in [0, 0.1) is 6.92 Å². The van der Waals surface area contributed by atoms with Crippen molar-refractivity contribution in [3.8, 4) is 0 Å². The zero-order valence-corrected chi connectivity index (χ0v) is 15.6. The van der Waals surface area contributed by atoms with E-state index in [2.05, 4.69) is 58.5 Å². The summed E-state index contributed by atoms with van der Waals surface area (Å²) in [4.78, 5) is 6.68. The topological polar surface area (TPSA) is 53.7 Å². The molecule has 0 saturated heterocycles. The molecule has 0 amide bonds. The SMILES string of the molecule is CCNC(=NCc1ccon1)N(C)Cc1ccc(C)cc1.I. The number of aliphatic imine (C=N–C) groups is 1. The van der Waals surface area contributed by atoms with E-state index in [1.807, 2.05) is 13.1 Å². The lowest BCUT2D eigenvalue weighted by atomic mass is 10.1. The van der Waals surface area contributed by atoms with Gasteiger partial charge in [-0.2, -0.15) is 0 Å². The van der Waals surface area contributed by atoms with Gasteiger partial charge in [-0.3, -0.25) is 0 Å². The van der Waals surface area contributed by atoms with Gasteiger partial charge in [0.05, 0.1) is 6.54 Å². The maximum absolute atomic E-state index is 4.82.